The number of nitrogens with two attached hydrogens (primary N) is 1. The van der Waals surface area contributed by atoms with Gasteiger partial charge in [-0.3, -0.25) is 9.48 Å². The number of aromatic nitrogens is 3. The number of amides is 1. The Morgan fingerprint density at radius 1 is 1.56 bits per heavy atom. The van der Waals surface area contributed by atoms with E-state index in [1.54, 1.807) is 16.3 Å². The maximum atomic E-state index is 12.0. The Morgan fingerprint density at radius 2 is 2.28 bits per heavy atom. The van der Waals surface area contributed by atoms with Crippen LogP contribution < -0.4 is 11.1 Å². The van der Waals surface area contributed by atoms with E-state index in [-0.39, 0.29) is 11.8 Å². The highest BCUT2D eigenvalue weighted by molar-refractivity contribution is 7.13. The Morgan fingerprint density at radius 3 is 2.83 bits per heavy atom. The van der Waals surface area contributed by atoms with E-state index in [1.807, 2.05) is 20.9 Å². The van der Waals surface area contributed by atoms with Crippen LogP contribution in [0.1, 0.15) is 35.9 Å². The molecule has 0 aliphatic heterocycles. The van der Waals surface area contributed by atoms with Crippen molar-refractivity contribution < 1.29 is 4.79 Å². The van der Waals surface area contributed by atoms with Crippen LogP contribution in [0.2, 0.25) is 0 Å². The fourth-order valence-corrected chi connectivity index (χ4v) is 2.15. The molecule has 96 valence electrons. The zero-order valence-corrected chi connectivity index (χ0v) is 11.3. The van der Waals surface area contributed by atoms with Gasteiger partial charge in [-0.25, -0.2) is 4.98 Å². The van der Waals surface area contributed by atoms with Gasteiger partial charge >= 0.3 is 0 Å². The molecular weight excluding hydrogens is 250 g/mol. The van der Waals surface area contributed by atoms with Gasteiger partial charge < -0.3 is 11.1 Å². The van der Waals surface area contributed by atoms with E-state index >= 15 is 0 Å². The van der Waals surface area contributed by atoms with Crippen molar-refractivity contribution in [3.63, 3.8) is 0 Å². The van der Waals surface area contributed by atoms with Crippen molar-refractivity contribution in [2.45, 2.75) is 19.8 Å². The lowest BCUT2D eigenvalue weighted by Gasteiger charge is -2.05. The molecule has 0 radical (unpaired) electrons. The van der Waals surface area contributed by atoms with Crippen LogP contribution in [0.4, 0.5) is 10.8 Å². The minimum Gasteiger partial charge on any atom is -0.375 e. The lowest BCUT2D eigenvalue weighted by atomic mass is 10.1. The lowest BCUT2D eigenvalue weighted by molar-refractivity contribution is 0.102. The Balaban J connectivity index is 2.21. The number of thiazole rings is 1. The molecule has 2 rings (SSSR count). The largest absolute Gasteiger partial charge is 0.375 e. The summed E-state index contributed by atoms with van der Waals surface area (Å²) in [6.07, 6.45) is 1.78. The number of nitrogens with zero attached hydrogens (tertiary/aromatic N) is 3. The molecule has 3 N–H and O–H groups in total. The van der Waals surface area contributed by atoms with Gasteiger partial charge in [-0.05, 0) is 5.92 Å². The molecule has 18 heavy (non-hydrogen) atoms. The molecule has 2 heterocycles. The molecule has 0 saturated carbocycles. The van der Waals surface area contributed by atoms with Crippen LogP contribution in [-0.2, 0) is 7.05 Å². The highest BCUT2D eigenvalue weighted by Crippen LogP contribution is 2.23. The molecule has 0 unspecified atom stereocenters. The molecule has 0 saturated heterocycles. The van der Waals surface area contributed by atoms with Gasteiger partial charge in [-0.2, -0.15) is 5.10 Å². The van der Waals surface area contributed by atoms with Gasteiger partial charge in [0, 0.05) is 18.6 Å². The Kier molecular flexibility index (Phi) is 3.33. The zero-order chi connectivity index (χ0) is 13.3. The van der Waals surface area contributed by atoms with Crippen LogP contribution in [0.15, 0.2) is 11.6 Å². The molecule has 0 spiro atoms. The molecule has 0 atom stereocenters. The molecule has 0 bridgehead atoms. The molecule has 0 fully saturated rings. The van der Waals surface area contributed by atoms with E-state index in [2.05, 4.69) is 15.4 Å². The molecule has 2 aromatic heterocycles. The summed E-state index contributed by atoms with van der Waals surface area (Å²) in [5.41, 5.74) is 7.40. The van der Waals surface area contributed by atoms with E-state index in [4.69, 9.17) is 5.73 Å². The molecule has 1 amide bonds. The van der Waals surface area contributed by atoms with Crippen LogP contribution >= 0.6 is 11.3 Å². The fraction of sp³-hybridized carbons (Fsp3) is 0.364. The van der Waals surface area contributed by atoms with Crippen molar-refractivity contribution in [3.8, 4) is 0 Å². The van der Waals surface area contributed by atoms with Crippen molar-refractivity contribution in [3.05, 3.63) is 23.0 Å². The fourth-order valence-electron chi connectivity index (χ4n) is 1.61. The summed E-state index contributed by atoms with van der Waals surface area (Å²) in [5.74, 6) is -0.0279. The highest BCUT2D eigenvalue weighted by Gasteiger charge is 2.16. The zero-order valence-electron chi connectivity index (χ0n) is 10.5. The minimum absolute atomic E-state index is 0.238. The predicted octanol–water partition coefficient (Wildman–Crippen LogP) is 1.83. The third-order valence-corrected chi connectivity index (χ3v) is 3.08. The van der Waals surface area contributed by atoms with E-state index in [9.17, 15) is 4.79 Å². The minimum atomic E-state index is -0.266. The van der Waals surface area contributed by atoms with Crippen molar-refractivity contribution in [1.29, 1.82) is 0 Å². The summed E-state index contributed by atoms with van der Waals surface area (Å²) in [7, 11) is 1.82. The number of hydrogen-bond donors (Lipinski definition) is 2. The first-order valence-electron chi connectivity index (χ1n) is 5.53. The van der Waals surface area contributed by atoms with Crippen LogP contribution in [0.25, 0.3) is 0 Å². The number of rotatable bonds is 3. The van der Waals surface area contributed by atoms with Crippen molar-refractivity contribution in [1.82, 2.24) is 14.8 Å². The van der Waals surface area contributed by atoms with Crippen LogP contribution in [0, 0.1) is 0 Å². The van der Waals surface area contributed by atoms with E-state index in [1.165, 1.54) is 11.3 Å². The van der Waals surface area contributed by atoms with E-state index < -0.39 is 0 Å². The summed E-state index contributed by atoms with van der Waals surface area (Å²) >= 11 is 1.24. The number of nitrogen functional groups attached to an aromatic ring is 1. The molecule has 0 aliphatic rings. The van der Waals surface area contributed by atoms with Crippen LogP contribution in [0.5, 0.6) is 0 Å². The molecule has 0 aromatic carbocycles. The number of carbonyl (C=O) groups is 1. The van der Waals surface area contributed by atoms with Gasteiger partial charge in [-0.1, -0.05) is 13.8 Å². The third-order valence-electron chi connectivity index (χ3n) is 2.41. The SMILES string of the molecule is CC(C)c1nn(C)cc1NC(=O)c1csc(N)n1. The lowest BCUT2D eigenvalue weighted by Crippen LogP contribution is -2.13. The molecule has 7 heteroatoms. The predicted molar refractivity (Wildman–Crippen MR) is 71.8 cm³/mol. The first kappa shape index (κ1) is 12.6. The van der Waals surface area contributed by atoms with Crippen molar-refractivity contribution in [2.24, 2.45) is 7.05 Å². The van der Waals surface area contributed by atoms with Gasteiger partial charge in [-0.15, -0.1) is 11.3 Å². The Labute approximate surface area is 109 Å². The van der Waals surface area contributed by atoms with Gasteiger partial charge in [0.2, 0.25) is 0 Å². The molecular formula is C11H15N5OS. The number of anilines is 2. The first-order chi connectivity index (χ1) is 8.47. The first-order valence-corrected chi connectivity index (χ1v) is 6.41. The maximum Gasteiger partial charge on any atom is 0.275 e. The van der Waals surface area contributed by atoms with Gasteiger partial charge in [0.05, 0.1) is 11.4 Å². The maximum absolute atomic E-state index is 12.0. The summed E-state index contributed by atoms with van der Waals surface area (Å²) in [4.78, 5) is 15.9. The smallest absolute Gasteiger partial charge is 0.275 e. The summed E-state index contributed by atoms with van der Waals surface area (Å²) in [6, 6.07) is 0. The van der Waals surface area contributed by atoms with E-state index in [0.29, 0.717) is 16.5 Å². The topological polar surface area (TPSA) is 85.8 Å². The molecule has 6 nitrogen and oxygen atoms in total. The number of carbonyl (C=O) groups excluding carboxylic acids is 1. The molecule has 0 aliphatic carbocycles. The number of nitrogens with one attached hydrogen (secondary N) is 1. The van der Waals surface area contributed by atoms with Crippen LogP contribution in [0.3, 0.4) is 0 Å². The van der Waals surface area contributed by atoms with Crippen molar-refractivity contribution >= 4 is 28.1 Å². The summed E-state index contributed by atoms with van der Waals surface area (Å²) in [6.45, 7) is 4.05. The second-order valence-corrected chi connectivity index (χ2v) is 5.17. The molecule has 2 aromatic rings. The van der Waals surface area contributed by atoms with Crippen LogP contribution in [-0.4, -0.2) is 20.7 Å². The second kappa shape index (κ2) is 4.77. The Bertz CT molecular complexity index is 572. The Hall–Kier alpha value is -1.89. The number of aryl methyl sites for hydroxylation is 1. The summed E-state index contributed by atoms with van der Waals surface area (Å²) in [5, 5.41) is 9.15. The monoisotopic (exact) mass is 265 g/mol. The third kappa shape index (κ3) is 2.51. The van der Waals surface area contributed by atoms with E-state index in [0.717, 1.165) is 5.69 Å². The normalized spacial score (nSPS) is 10.9. The van der Waals surface area contributed by atoms with Gasteiger partial charge in [0.1, 0.15) is 5.69 Å². The quantitative estimate of drug-likeness (QED) is 0.886. The average molecular weight is 265 g/mol. The highest BCUT2D eigenvalue weighted by atomic mass is 32.1. The standard InChI is InChI=1S/C11H15N5OS/c1-6(2)9-7(4-16(3)15-9)13-10(17)8-5-18-11(12)14-8/h4-6H,1-3H3,(H2,12,14)(H,13,17). The van der Waals surface area contributed by atoms with Crippen molar-refractivity contribution in [2.75, 3.05) is 11.1 Å². The second-order valence-electron chi connectivity index (χ2n) is 4.28. The van der Waals surface area contributed by atoms with Gasteiger partial charge in [0.15, 0.2) is 5.13 Å². The average Bonchev–Trinajstić information content (AvgIpc) is 2.85. The number of hydrogen-bond acceptors (Lipinski definition) is 5. The van der Waals surface area contributed by atoms with Gasteiger partial charge in [0.25, 0.3) is 5.91 Å². The summed E-state index contributed by atoms with van der Waals surface area (Å²) < 4.78 is 1.68.